The number of anilines is 1. The zero-order valence-electron chi connectivity index (χ0n) is 14.8. The van der Waals surface area contributed by atoms with Crippen LogP contribution in [0.2, 0.25) is 0 Å². The third kappa shape index (κ3) is 4.10. The number of hydrogen-bond acceptors (Lipinski definition) is 4. The van der Waals surface area contributed by atoms with Gasteiger partial charge in [-0.25, -0.2) is 9.37 Å². The van der Waals surface area contributed by atoms with Crippen molar-refractivity contribution < 1.29 is 4.39 Å². The van der Waals surface area contributed by atoms with Crippen molar-refractivity contribution in [1.82, 2.24) is 14.8 Å². The van der Waals surface area contributed by atoms with Gasteiger partial charge in [0.2, 0.25) is 0 Å². The van der Waals surface area contributed by atoms with Gasteiger partial charge in [0.15, 0.2) is 0 Å². The number of rotatable bonds is 6. The van der Waals surface area contributed by atoms with Crippen molar-refractivity contribution >= 4 is 5.82 Å². The molecule has 1 saturated carbocycles. The van der Waals surface area contributed by atoms with E-state index < -0.39 is 0 Å². The first-order chi connectivity index (χ1) is 12.2. The summed E-state index contributed by atoms with van der Waals surface area (Å²) < 4.78 is 13.0. The molecule has 134 valence electrons. The molecule has 1 aliphatic heterocycles. The van der Waals surface area contributed by atoms with Crippen LogP contribution in [0.25, 0.3) is 0 Å². The average Bonchev–Trinajstić information content (AvgIpc) is 3.44. The number of nitrogens with one attached hydrogen (secondary N) is 1. The Bertz CT molecular complexity index is 640. The van der Waals surface area contributed by atoms with E-state index in [4.69, 9.17) is 0 Å². The van der Waals surface area contributed by atoms with Gasteiger partial charge in [-0.2, -0.15) is 0 Å². The van der Waals surface area contributed by atoms with Crippen molar-refractivity contribution in [2.75, 3.05) is 44.6 Å². The average molecular weight is 342 g/mol. The minimum absolute atomic E-state index is 0.284. The molecule has 0 aromatic carbocycles. The molecule has 1 N–H and O–H groups in total. The molecule has 1 aromatic heterocycles. The van der Waals surface area contributed by atoms with Crippen LogP contribution in [0.15, 0.2) is 42.1 Å². The van der Waals surface area contributed by atoms with E-state index in [0.717, 1.165) is 45.1 Å². The molecule has 2 aliphatic carbocycles. The molecule has 0 amide bonds. The van der Waals surface area contributed by atoms with E-state index in [-0.39, 0.29) is 11.4 Å². The predicted molar refractivity (Wildman–Crippen MR) is 99.1 cm³/mol. The summed E-state index contributed by atoms with van der Waals surface area (Å²) in [5.41, 5.74) is 1.76. The molecule has 3 aliphatic rings. The topological polar surface area (TPSA) is 31.4 Å². The highest BCUT2D eigenvalue weighted by atomic mass is 19.1. The molecule has 0 unspecified atom stereocenters. The monoisotopic (exact) mass is 342 g/mol. The molecule has 4 nitrogen and oxygen atoms in total. The van der Waals surface area contributed by atoms with Crippen LogP contribution in [0.5, 0.6) is 0 Å². The lowest BCUT2D eigenvalue weighted by molar-refractivity contribution is 0.0953. The second-order valence-corrected chi connectivity index (χ2v) is 7.46. The highest BCUT2D eigenvalue weighted by Crippen LogP contribution is 2.42. The summed E-state index contributed by atoms with van der Waals surface area (Å²) >= 11 is 0. The largest absolute Gasteiger partial charge is 0.368 e. The fourth-order valence-electron chi connectivity index (χ4n) is 3.91. The van der Waals surface area contributed by atoms with Crippen molar-refractivity contribution in [2.24, 2.45) is 0 Å². The van der Waals surface area contributed by atoms with Gasteiger partial charge in [0.1, 0.15) is 11.6 Å². The molecule has 0 bridgehead atoms. The molecule has 0 spiro atoms. The fraction of sp³-hybridized carbons (Fsp3) is 0.550. The maximum Gasteiger partial charge on any atom is 0.141 e. The predicted octanol–water partition coefficient (Wildman–Crippen LogP) is 3.06. The lowest BCUT2D eigenvalue weighted by Crippen LogP contribution is -2.53. The van der Waals surface area contributed by atoms with E-state index in [0.29, 0.717) is 0 Å². The van der Waals surface area contributed by atoms with Crippen LogP contribution < -0.4 is 5.32 Å². The molecule has 2 fully saturated rings. The van der Waals surface area contributed by atoms with Crippen molar-refractivity contribution in [3.8, 4) is 0 Å². The van der Waals surface area contributed by atoms with Gasteiger partial charge in [-0.3, -0.25) is 9.80 Å². The normalized spacial score (nSPS) is 23.3. The third-order valence-electron chi connectivity index (χ3n) is 5.67. The summed E-state index contributed by atoms with van der Waals surface area (Å²) in [7, 11) is 0. The minimum Gasteiger partial charge on any atom is -0.368 e. The Balaban J connectivity index is 1.26. The zero-order chi connectivity index (χ0) is 17.1. The Morgan fingerprint density at radius 3 is 2.60 bits per heavy atom. The highest BCUT2D eigenvalue weighted by molar-refractivity contribution is 5.35. The van der Waals surface area contributed by atoms with Gasteiger partial charge in [0, 0.05) is 44.8 Å². The lowest BCUT2D eigenvalue weighted by Gasteiger charge is -2.40. The van der Waals surface area contributed by atoms with Crippen LogP contribution in [0, 0.1) is 5.82 Å². The fourth-order valence-corrected chi connectivity index (χ4v) is 3.91. The minimum atomic E-state index is -0.286. The number of aromatic nitrogens is 1. The SMILES string of the molecule is Fc1ccc(NCC2(N3CCN(CC4=CCCC=C4)CC3)CC2)nc1. The van der Waals surface area contributed by atoms with E-state index in [1.807, 2.05) is 0 Å². The molecule has 2 heterocycles. The van der Waals surface area contributed by atoms with Crippen LogP contribution in [0.3, 0.4) is 0 Å². The third-order valence-corrected chi connectivity index (χ3v) is 5.67. The van der Waals surface area contributed by atoms with E-state index in [2.05, 4.69) is 38.3 Å². The molecule has 25 heavy (non-hydrogen) atoms. The van der Waals surface area contributed by atoms with Gasteiger partial charge in [0.05, 0.1) is 6.20 Å². The van der Waals surface area contributed by atoms with Crippen molar-refractivity contribution in [2.45, 2.75) is 31.2 Å². The van der Waals surface area contributed by atoms with E-state index in [1.54, 1.807) is 6.07 Å². The Hall–Kier alpha value is -1.72. The second kappa shape index (κ2) is 7.26. The Kier molecular flexibility index (Phi) is 4.86. The summed E-state index contributed by atoms with van der Waals surface area (Å²) in [5.74, 6) is 0.480. The van der Waals surface area contributed by atoms with Gasteiger partial charge in [-0.1, -0.05) is 18.2 Å². The number of pyridine rings is 1. The summed E-state index contributed by atoms with van der Waals surface area (Å²) in [6.07, 6.45) is 13.1. The van der Waals surface area contributed by atoms with Gasteiger partial charge in [0.25, 0.3) is 0 Å². The molecule has 4 rings (SSSR count). The molecular formula is C20H27FN4. The second-order valence-electron chi connectivity index (χ2n) is 7.46. The highest BCUT2D eigenvalue weighted by Gasteiger charge is 2.48. The molecular weight excluding hydrogens is 315 g/mol. The van der Waals surface area contributed by atoms with Gasteiger partial charge < -0.3 is 5.32 Å². The molecule has 0 radical (unpaired) electrons. The van der Waals surface area contributed by atoms with E-state index >= 15 is 0 Å². The van der Waals surface area contributed by atoms with Crippen LogP contribution in [-0.2, 0) is 0 Å². The number of halogens is 1. The summed E-state index contributed by atoms with van der Waals surface area (Å²) in [5, 5.41) is 3.40. The standard InChI is InChI=1S/C20H27FN4/c21-18-6-7-19(22-14-18)23-16-20(8-9-20)25-12-10-24(11-13-25)15-17-4-2-1-3-5-17/h2,4-7,14H,1,3,8-13,15-16H2,(H,22,23). The maximum absolute atomic E-state index is 13.0. The summed E-state index contributed by atoms with van der Waals surface area (Å²) in [4.78, 5) is 9.32. The number of allylic oxidation sites excluding steroid dienone is 2. The van der Waals surface area contributed by atoms with Crippen LogP contribution in [-0.4, -0.2) is 59.6 Å². The van der Waals surface area contributed by atoms with Crippen molar-refractivity contribution in [3.63, 3.8) is 0 Å². The molecule has 1 aromatic rings. The van der Waals surface area contributed by atoms with Gasteiger partial charge in [-0.05, 0) is 43.4 Å². The Morgan fingerprint density at radius 1 is 1.12 bits per heavy atom. The van der Waals surface area contributed by atoms with Gasteiger partial charge >= 0.3 is 0 Å². The summed E-state index contributed by atoms with van der Waals surface area (Å²) in [6, 6.07) is 3.18. The van der Waals surface area contributed by atoms with Crippen LogP contribution >= 0.6 is 0 Å². The van der Waals surface area contributed by atoms with Gasteiger partial charge in [-0.15, -0.1) is 0 Å². The number of piperazine rings is 1. The first-order valence-corrected chi connectivity index (χ1v) is 9.42. The Labute approximate surface area is 149 Å². The van der Waals surface area contributed by atoms with E-state index in [1.165, 1.54) is 43.5 Å². The lowest BCUT2D eigenvalue weighted by atomic mass is 10.1. The van der Waals surface area contributed by atoms with Crippen LogP contribution in [0.1, 0.15) is 25.7 Å². The zero-order valence-corrected chi connectivity index (χ0v) is 14.8. The smallest absolute Gasteiger partial charge is 0.141 e. The Morgan fingerprint density at radius 2 is 1.96 bits per heavy atom. The first-order valence-electron chi connectivity index (χ1n) is 9.42. The van der Waals surface area contributed by atoms with Crippen molar-refractivity contribution in [1.29, 1.82) is 0 Å². The molecule has 1 saturated heterocycles. The first kappa shape index (κ1) is 16.7. The molecule has 5 heteroatoms. The summed E-state index contributed by atoms with van der Waals surface area (Å²) in [6.45, 7) is 6.54. The van der Waals surface area contributed by atoms with Crippen molar-refractivity contribution in [3.05, 3.63) is 47.9 Å². The number of hydrogen-bond donors (Lipinski definition) is 1. The molecule has 0 atom stereocenters. The van der Waals surface area contributed by atoms with Crippen LogP contribution in [0.4, 0.5) is 10.2 Å². The number of nitrogens with zero attached hydrogens (tertiary/aromatic N) is 3. The van der Waals surface area contributed by atoms with E-state index in [9.17, 15) is 4.39 Å². The quantitative estimate of drug-likeness (QED) is 0.861. The maximum atomic E-state index is 13.0.